The molecule has 2 rings (SSSR count). The van der Waals surface area contributed by atoms with Crippen LogP contribution >= 0.6 is 50.7 Å². The summed E-state index contributed by atoms with van der Waals surface area (Å²) in [7, 11) is 0. The molecule has 0 aliphatic heterocycles. The van der Waals surface area contributed by atoms with Gasteiger partial charge in [0.05, 0.1) is 9.50 Å². The molecule has 0 spiro atoms. The van der Waals surface area contributed by atoms with E-state index in [1.54, 1.807) is 12.1 Å². The zero-order chi connectivity index (χ0) is 13.1. The maximum Gasteiger partial charge on any atom is 0.152 e. The first-order chi connectivity index (χ1) is 8.56. The molecule has 0 N–H and O–H groups in total. The minimum Gasteiger partial charge on any atom is -0.486 e. The Morgan fingerprint density at radius 3 is 2.44 bits per heavy atom. The number of halogens is 4. The van der Waals surface area contributed by atoms with E-state index in [9.17, 15) is 0 Å². The Bertz CT molecular complexity index is 549. The van der Waals surface area contributed by atoms with Crippen molar-refractivity contribution < 1.29 is 4.74 Å². The molecule has 0 bridgehead atoms. The van der Waals surface area contributed by atoms with Crippen LogP contribution in [-0.4, -0.2) is 0 Å². The van der Waals surface area contributed by atoms with Crippen molar-refractivity contribution in [3.05, 3.63) is 61.5 Å². The first kappa shape index (κ1) is 14.0. The lowest BCUT2D eigenvalue weighted by Gasteiger charge is -2.10. The van der Waals surface area contributed by atoms with E-state index in [1.165, 1.54) is 0 Å². The van der Waals surface area contributed by atoms with Gasteiger partial charge in [0.2, 0.25) is 0 Å². The smallest absolute Gasteiger partial charge is 0.152 e. The average molecular weight is 366 g/mol. The zero-order valence-corrected chi connectivity index (χ0v) is 12.9. The van der Waals surface area contributed by atoms with E-state index in [1.807, 2.05) is 24.3 Å². The van der Waals surface area contributed by atoms with Crippen LogP contribution in [-0.2, 0) is 6.61 Å². The van der Waals surface area contributed by atoms with E-state index in [0.29, 0.717) is 27.4 Å². The van der Waals surface area contributed by atoms with Gasteiger partial charge >= 0.3 is 0 Å². The molecule has 0 amide bonds. The lowest BCUT2D eigenvalue weighted by atomic mass is 10.2. The van der Waals surface area contributed by atoms with Crippen LogP contribution in [0.15, 0.2) is 40.9 Å². The van der Waals surface area contributed by atoms with Crippen LogP contribution < -0.4 is 4.74 Å². The summed E-state index contributed by atoms with van der Waals surface area (Å²) in [6, 6.07) is 10.8. The molecule has 94 valence electrons. The van der Waals surface area contributed by atoms with Crippen molar-refractivity contribution >= 4 is 50.7 Å². The highest BCUT2D eigenvalue weighted by Gasteiger charge is 2.09. The summed E-state index contributed by atoms with van der Waals surface area (Å²) in [5, 5.41) is 1.70. The SMILES string of the molecule is Clc1cccc(COc2c(Cl)cc(Cl)cc2Br)c1. The molecular formula is C13H8BrCl3O. The highest BCUT2D eigenvalue weighted by Crippen LogP contribution is 2.36. The molecule has 1 nitrogen and oxygen atoms in total. The molecule has 0 radical (unpaired) electrons. The highest BCUT2D eigenvalue weighted by atomic mass is 79.9. The fourth-order valence-electron chi connectivity index (χ4n) is 1.45. The largest absolute Gasteiger partial charge is 0.486 e. The molecule has 0 aromatic heterocycles. The molecule has 2 aromatic rings. The summed E-state index contributed by atoms with van der Waals surface area (Å²) in [6.45, 7) is 0.389. The van der Waals surface area contributed by atoms with Crippen LogP contribution in [0, 0.1) is 0 Å². The lowest BCUT2D eigenvalue weighted by Crippen LogP contribution is -1.96. The summed E-state index contributed by atoms with van der Waals surface area (Å²) in [5.41, 5.74) is 0.973. The monoisotopic (exact) mass is 364 g/mol. The molecule has 0 fully saturated rings. The van der Waals surface area contributed by atoms with E-state index in [2.05, 4.69) is 15.9 Å². The summed E-state index contributed by atoms with van der Waals surface area (Å²) in [6.07, 6.45) is 0. The van der Waals surface area contributed by atoms with Crippen LogP contribution in [0.3, 0.4) is 0 Å². The summed E-state index contributed by atoms with van der Waals surface area (Å²) >= 11 is 21.2. The second-order valence-electron chi connectivity index (χ2n) is 3.62. The molecule has 0 unspecified atom stereocenters. The van der Waals surface area contributed by atoms with Gasteiger partial charge in [-0.15, -0.1) is 0 Å². The van der Waals surface area contributed by atoms with E-state index in [0.717, 1.165) is 10.0 Å². The molecule has 0 saturated heterocycles. The van der Waals surface area contributed by atoms with Gasteiger partial charge in [-0.3, -0.25) is 0 Å². The van der Waals surface area contributed by atoms with Crippen LogP contribution in [0.1, 0.15) is 5.56 Å². The predicted octanol–water partition coefficient (Wildman–Crippen LogP) is 5.99. The summed E-state index contributed by atoms with van der Waals surface area (Å²) in [5.74, 6) is 0.570. The van der Waals surface area contributed by atoms with Crippen molar-refractivity contribution in [1.29, 1.82) is 0 Å². The quantitative estimate of drug-likeness (QED) is 0.648. The molecule has 0 aliphatic carbocycles. The standard InChI is InChI=1S/C13H8BrCl3O/c14-11-5-10(16)6-12(17)13(11)18-7-8-2-1-3-9(15)4-8/h1-6H,7H2. The second-order valence-corrected chi connectivity index (χ2v) is 5.75. The topological polar surface area (TPSA) is 9.23 Å². The number of ether oxygens (including phenoxy) is 1. The van der Waals surface area contributed by atoms with Gasteiger partial charge in [-0.2, -0.15) is 0 Å². The molecule has 18 heavy (non-hydrogen) atoms. The molecule has 0 heterocycles. The van der Waals surface area contributed by atoms with Gasteiger partial charge in [0.1, 0.15) is 6.61 Å². The lowest BCUT2D eigenvalue weighted by molar-refractivity contribution is 0.304. The van der Waals surface area contributed by atoms with Crippen LogP contribution in [0.5, 0.6) is 5.75 Å². The van der Waals surface area contributed by atoms with E-state index in [-0.39, 0.29) is 0 Å². The zero-order valence-electron chi connectivity index (χ0n) is 9.09. The minimum atomic E-state index is 0.389. The van der Waals surface area contributed by atoms with E-state index < -0.39 is 0 Å². The number of hydrogen-bond acceptors (Lipinski definition) is 1. The third kappa shape index (κ3) is 3.55. The number of benzene rings is 2. The summed E-state index contributed by atoms with van der Waals surface area (Å²) in [4.78, 5) is 0. The fourth-order valence-corrected chi connectivity index (χ4v) is 3.03. The highest BCUT2D eigenvalue weighted by molar-refractivity contribution is 9.10. The summed E-state index contributed by atoms with van der Waals surface area (Å²) < 4.78 is 6.39. The first-order valence-electron chi connectivity index (χ1n) is 5.08. The minimum absolute atomic E-state index is 0.389. The Labute approximate surface area is 129 Å². The normalized spacial score (nSPS) is 10.4. The fraction of sp³-hybridized carbons (Fsp3) is 0.0769. The van der Waals surface area contributed by atoms with Crippen LogP contribution in [0.4, 0.5) is 0 Å². The molecule has 0 saturated carbocycles. The molecule has 2 aromatic carbocycles. The van der Waals surface area contributed by atoms with Gasteiger partial charge < -0.3 is 4.74 Å². The van der Waals surface area contributed by atoms with Crippen molar-refractivity contribution in [1.82, 2.24) is 0 Å². The Hall–Kier alpha value is -0.410. The Kier molecular flexibility index (Phi) is 4.79. The predicted molar refractivity (Wildman–Crippen MR) is 79.9 cm³/mol. The Morgan fingerprint density at radius 1 is 1.00 bits per heavy atom. The van der Waals surface area contributed by atoms with Crippen molar-refractivity contribution in [2.24, 2.45) is 0 Å². The number of hydrogen-bond donors (Lipinski definition) is 0. The Balaban J connectivity index is 2.16. The van der Waals surface area contributed by atoms with E-state index in [4.69, 9.17) is 39.5 Å². The molecule has 0 aliphatic rings. The van der Waals surface area contributed by atoms with E-state index >= 15 is 0 Å². The van der Waals surface area contributed by atoms with Crippen molar-refractivity contribution in [2.75, 3.05) is 0 Å². The van der Waals surface area contributed by atoms with Crippen LogP contribution in [0.2, 0.25) is 15.1 Å². The Morgan fingerprint density at radius 2 is 1.78 bits per heavy atom. The van der Waals surface area contributed by atoms with Gasteiger partial charge in [-0.05, 0) is 45.8 Å². The van der Waals surface area contributed by atoms with Gasteiger partial charge in [-0.25, -0.2) is 0 Å². The molecule has 5 heteroatoms. The average Bonchev–Trinajstić information content (AvgIpc) is 2.27. The van der Waals surface area contributed by atoms with Gasteiger partial charge in [0.25, 0.3) is 0 Å². The third-order valence-corrected chi connectivity index (χ3v) is 3.56. The number of rotatable bonds is 3. The van der Waals surface area contributed by atoms with Gasteiger partial charge in [-0.1, -0.05) is 46.9 Å². The first-order valence-corrected chi connectivity index (χ1v) is 7.01. The van der Waals surface area contributed by atoms with Crippen molar-refractivity contribution in [2.45, 2.75) is 6.61 Å². The maximum atomic E-state index is 6.07. The maximum absolute atomic E-state index is 6.07. The third-order valence-electron chi connectivity index (χ3n) is 2.24. The van der Waals surface area contributed by atoms with Gasteiger partial charge in [0.15, 0.2) is 5.75 Å². The van der Waals surface area contributed by atoms with Crippen LogP contribution in [0.25, 0.3) is 0 Å². The van der Waals surface area contributed by atoms with Crippen molar-refractivity contribution in [3.63, 3.8) is 0 Å². The molecule has 0 atom stereocenters. The second kappa shape index (κ2) is 6.16. The van der Waals surface area contributed by atoms with Crippen molar-refractivity contribution in [3.8, 4) is 5.75 Å². The van der Waals surface area contributed by atoms with Gasteiger partial charge in [0, 0.05) is 10.0 Å². The molecular weight excluding hydrogens is 358 g/mol.